The normalized spacial score (nSPS) is 38.2. The first-order chi connectivity index (χ1) is 13.3. The lowest BCUT2D eigenvalue weighted by Crippen LogP contribution is -2.61. The highest BCUT2D eigenvalue weighted by atomic mass is 16.8. The maximum absolute atomic E-state index is 6.27. The maximum Gasteiger partial charge on any atom is 0.186 e. The Bertz CT molecular complexity index is 754. The molecule has 5 rings (SSSR count). The SMILES string of the molecule is CO[C@@H]1O[C@H]2COC(c3ccccc3)O[C@@H]2[C@H]2OC(c3ccccc3)O[C@@H]12. The van der Waals surface area contributed by atoms with Gasteiger partial charge in [0.1, 0.15) is 24.4 Å². The van der Waals surface area contributed by atoms with Crippen LogP contribution in [0.3, 0.4) is 0 Å². The van der Waals surface area contributed by atoms with Crippen molar-refractivity contribution in [3.05, 3.63) is 71.8 Å². The monoisotopic (exact) mass is 370 g/mol. The average Bonchev–Trinajstić information content (AvgIpc) is 3.20. The van der Waals surface area contributed by atoms with E-state index in [4.69, 9.17) is 28.4 Å². The molecule has 3 heterocycles. The van der Waals surface area contributed by atoms with Gasteiger partial charge in [0.05, 0.1) is 6.61 Å². The van der Waals surface area contributed by atoms with E-state index in [1.807, 2.05) is 60.7 Å². The number of hydrogen-bond donors (Lipinski definition) is 0. The van der Waals surface area contributed by atoms with Crippen LogP contribution < -0.4 is 0 Å². The summed E-state index contributed by atoms with van der Waals surface area (Å²) in [7, 11) is 1.61. The summed E-state index contributed by atoms with van der Waals surface area (Å²) >= 11 is 0. The van der Waals surface area contributed by atoms with Crippen molar-refractivity contribution in [3.8, 4) is 0 Å². The second-order valence-corrected chi connectivity index (χ2v) is 6.90. The molecule has 0 radical (unpaired) electrons. The second-order valence-electron chi connectivity index (χ2n) is 6.90. The smallest absolute Gasteiger partial charge is 0.186 e. The molecule has 3 saturated heterocycles. The van der Waals surface area contributed by atoms with E-state index in [1.165, 1.54) is 0 Å². The molecule has 7 atom stereocenters. The molecule has 3 aliphatic heterocycles. The fraction of sp³-hybridized carbons (Fsp3) is 0.429. The Balaban J connectivity index is 1.39. The molecule has 27 heavy (non-hydrogen) atoms. The van der Waals surface area contributed by atoms with Crippen LogP contribution in [0, 0.1) is 0 Å². The topological polar surface area (TPSA) is 55.4 Å². The summed E-state index contributed by atoms with van der Waals surface area (Å²) in [6.45, 7) is 0.409. The number of rotatable bonds is 3. The van der Waals surface area contributed by atoms with E-state index in [0.717, 1.165) is 11.1 Å². The number of fused-ring (bicyclic) bond motifs is 3. The van der Waals surface area contributed by atoms with Crippen molar-refractivity contribution in [2.24, 2.45) is 0 Å². The summed E-state index contributed by atoms with van der Waals surface area (Å²) in [6.07, 6.45) is -2.67. The molecule has 2 aromatic rings. The van der Waals surface area contributed by atoms with Gasteiger partial charge in [-0.15, -0.1) is 0 Å². The van der Waals surface area contributed by atoms with Gasteiger partial charge in [0.25, 0.3) is 0 Å². The van der Waals surface area contributed by atoms with Crippen LogP contribution in [0.4, 0.5) is 0 Å². The third kappa shape index (κ3) is 3.18. The van der Waals surface area contributed by atoms with Gasteiger partial charge in [-0.2, -0.15) is 0 Å². The predicted molar refractivity (Wildman–Crippen MR) is 94.6 cm³/mol. The molecule has 0 saturated carbocycles. The molecule has 0 amide bonds. The Hall–Kier alpha value is -1.80. The highest BCUT2D eigenvalue weighted by Crippen LogP contribution is 2.43. The standard InChI is InChI=1S/C21H22O6/c1-22-21-18-17(26-20(27-18)14-10-6-3-7-11-14)16-15(24-21)12-23-19(25-16)13-8-4-2-5-9-13/h2-11,15-21H,12H2,1H3/t15-,16-,17+,18+,19?,20?,21+/m0/s1. The summed E-state index contributed by atoms with van der Waals surface area (Å²) in [6, 6.07) is 19.8. The fourth-order valence-corrected chi connectivity index (χ4v) is 3.90. The van der Waals surface area contributed by atoms with Gasteiger partial charge in [0, 0.05) is 18.2 Å². The van der Waals surface area contributed by atoms with E-state index in [0.29, 0.717) is 6.61 Å². The summed E-state index contributed by atoms with van der Waals surface area (Å²) in [5.41, 5.74) is 1.94. The van der Waals surface area contributed by atoms with Crippen molar-refractivity contribution in [2.45, 2.75) is 43.3 Å². The molecule has 6 nitrogen and oxygen atoms in total. The van der Waals surface area contributed by atoms with E-state index in [-0.39, 0.29) is 24.4 Å². The van der Waals surface area contributed by atoms with Crippen LogP contribution in [0.2, 0.25) is 0 Å². The van der Waals surface area contributed by atoms with Crippen LogP contribution in [-0.2, 0) is 28.4 Å². The molecular formula is C21H22O6. The van der Waals surface area contributed by atoms with E-state index < -0.39 is 18.9 Å². The quantitative estimate of drug-likeness (QED) is 0.828. The van der Waals surface area contributed by atoms with Crippen molar-refractivity contribution in [3.63, 3.8) is 0 Å². The molecule has 2 unspecified atom stereocenters. The molecule has 2 aromatic carbocycles. The van der Waals surface area contributed by atoms with Gasteiger partial charge in [-0.1, -0.05) is 60.7 Å². The van der Waals surface area contributed by atoms with Crippen molar-refractivity contribution < 1.29 is 28.4 Å². The van der Waals surface area contributed by atoms with Gasteiger partial charge in [-0.25, -0.2) is 0 Å². The zero-order valence-electron chi connectivity index (χ0n) is 15.0. The van der Waals surface area contributed by atoms with E-state index >= 15 is 0 Å². The van der Waals surface area contributed by atoms with Gasteiger partial charge in [0.2, 0.25) is 0 Å². The Kier molecular flexibility index (Phi) is 4.69. The summed E-state index contributed by atoms with van der Waals surface area (Å²) < 4.78 is 36.1. The van der Waals surface area contributed by atoms with Crippen molar-refractivity contribution in [1.82, 2.24) is 0 Å². The predicted octanol–water partition coefficient (Wildman–Crippen LogP) is 2.95. The Morgan fingerprint density at radius 3 is 1.96 bits per heavy atom. The van der Waals surface area contributed by atoms with E-state index in [1.54, 1.807) is 7.11 Å². The minimum atomic E-state index is -0.523. The van der Waals surface area contributed by atoms with Crippen LogP contribution in [0.5, 0.6) is 0 Å². The van der Waals surface area contributed by atoms with Crippen molar-refractivity contribution in [2.75, 3.05) is 13.7 Å². The molecule has 0 N–H and O–H groups in total. The van der Waals surface area contributed by atoms with Gasteiger partial charge in [0.15, 0.2) is 18.9 Å². The lowest BCUT2D eigenvalue weighted by atomic mass is 9.98. The summed E-state index contributed by atoms with van der Waals surface area (Å²) in [5, 5.41) is 0. The highest BCUT2D eigenvalue weighted by molar-refractivity contribution is 5.18. The van der Waals surface area contributed by atoms with Crippen LogP contribution in [0.15, 0.2) is 60.7 Å². The van der Waals surface area contributed by atoms with E-state index in [9.17, 15) is 0 Å². The second kappa shape index (κ2) is 7.31. The molecule has 6 heteroatoms. The van der Waals surface area contributed by atoms with Crippen molar-refractivity contribution in [1.29, 1.82) is 0 Å². The molecular weight excluding hydrogens is 348 g/mol. The fourth-order valence-electron chi connectivity index (χ4n) is 3.90. The lowest BCUT2D eigenvalue weighted by Gasteiger charge is -2.45. The number of hydrogen-bond acceptors (Lipinski definition) is 6. The molecule has 0 bridgehead atoms. The third-order valence-electron chi connectivity index (χ3n) is 5.22. The molecule has 3 fully saturated rings. The highest BCUT2D eigenvalue weighted by Gasteiger charge is 2.56. The molecule has 142 valence electrons. The first kappa shape index (κ1) is 17.3. The number of benzene rings is 2. The van der Waals surface area contributed by atoms with Gasteiger partial charge >= 0.3 is 0 Å². The lowest BCUT2D eigenvalue weighted by molar-refractivity contribution is -0.343. The minimum absolute atomic E-state index is 0.269. The van der Waals surface area contributed by atoms with E-state index in [2.05, 4.69) is 0 Å². The van der Waals surface area contributed by atoms with Crippen LogP contribution in [0.25, 0.3) is 0 Å². The molecule has 0 spiro atoms. The average molecular weight is 370 g/mol. The Labute approximate surface area is 157 Å². The minimum Gasteiger partial charge on any atom is -0.353 e. The third-order valence-corrected chi connectivity index (χ3v) is 5.22. The molecule has 0 aromatic heterocycles. The maximum atomic E-state index is 6.27. The summed E-state index contributed by atoms with van der Waals surface area (Å²) in [5.74, 6) is 0. The van der Waals surface area contributed by atoms with Gasteiger partial charge in [-0.3, -0.25) is 0 Å². The summed E-state index contributed by atoms with van der Waals surface area (Å²) in [4.78, 5) is 0. The van der Waals surface area contributed by atoms with Gasteiger partial charge < -0.3 is 28.4 Å². The first-order valence-electron chi connectivity index (χ1n) is 9.19. The largest absolute Gasteiger partial charge is 0.353 e. The molecule has 3 aliphatic rings. The van der Waals surface area contributed by atoms with Crippen molar-refractivity contribution >= 4 is 0 Å². The number of methoxy groups -OCH3 is 1. The Morgan fingerprint density at radius 2 is 1.30 bits per heavy atom. The zero-order valence-corrected chi connectivity index (χ0v) is 15.0. The zero-order chi connectivity index (χ0) is 18.2. The number of ether oxygens (including phenoxy) is 6. The van der Waals surface area contributed by atoms with Gasteiger partial charge in [-0.05, 0) is 0 Å². The van der Waals surface area contributed by atoms with Crippen LogP contribution in [-0.4, -0.2) is 44.4 Å². The molecule has 0 aliphatic carbocycles. The Morgan fingerprint density at radius 1 is 0.704 bits per heavy atom. The van der Waals surface area contributed by atoms with Crippen LogP contribution in [0.1, 0.15) is 23.7 Å². The van der Waals surface area contributed by atoms with Crippen LogP contribution >= 0.6 is 0 Å². The first-order valence-corrected chi connectivity index (χ1v) is 9.19.